The highest BCUT2D eigenvalue weighted by atomic mass is 79.9. The monoisotopic (exact) mass is 324 g/mol. The van der Waals surface area contributed by atoms with Crippen molar-refractivity contribution in [1.29, 1.82) is 0 Å². The summed E-state index contributed by atoms with van der Waals surface area (Å²) in [6.45, 7) is 0.858. The van der Waals surface area contributed by atoms with Crippen LogP contribution >= 0.6 is 15.9 Å². The molecule has 2 nitrogen and oxygen atoms in total. The molecule has 0 radical (unpaired) electrons. The molecule has 1 heterocycles. The van der Waals surface area contributed by atoms with Gasteiger partial charge in [0.05, 0.1) is 12.2 Å². The number of hydrogen-bond donors (Lipinski definition) is 0. The van der Waals surface area contributed by atoms with Crippen LogP contribution in [0, 0.1) is 0 Å². The maximum atomic E-state index is 5.72. The molecule has 0 aromatic heterocycles. The summed E-state index contributed by atoms with van der Waals surface area (Å²) in [7, 11) is 1.85. The number of rotatable bonds is 4. The minimum atomic E-state index is 0.112. The van der Waals surface area contributed by atoms with Gasteiger partial charge in [-0.15, -0.1) is 0 Å². The second-order valence-corrected chi connectivity index (χ2v) is 6.84. The fourth-order valence-corrected chi connectivity index (χ4v) is 3.96. The van der Waals surface area contributed by atoms with Crippen LogP contribution in [-0.2, 0) is 11.2 Å². The summed E-state index contributed by atoms with van der Waals surface area (Å²) >= 11 is 3.84. The Bertz CT molecular complexity index is 449. The Morgan fingerprint density at radius 1 is 1.37 bits per heavy atom. The quantitative estimate of drug-likeness (QED) is 0.764. The van der Waals surface area contributed by atoms with Gasteiger partial charge in [0, 0.05) is 11.9 Å². The van der Waals surface area contributed by atoms with Crippen molar-refractivity contribution < 1.29 is 9.47 Å². The van der Waals surface area contributed by atoms with Crippen LogP contribution < -0.4 is 4.74 Å². The van der Waals surface area contributed by atoms with Gasteiger partial charge in [0.15, 0.2) is 0 Å². The SMILES string of the molecule is COC1(CC(Br)c2ccc3c(c2)CCCO3)CCC1. The van der Waals surface area contributed by atoms with Crippen molar-refractivity contribution in [3.8, 4) is 5.75 Å². The zero-order chi connectivity index (χ0) is 13.3. The van der Waals surface area contributed by atoms with Gasteiger partial charge in [-0.2, -0.15) is 0 Å². The first kappa shape index (κ1) is 13.4. The Morgan fingerprint density at radius 2 is 2.21 bits per heavy atom. The maximum absolute atomic E-state index is 5.72. The molecule has 0 saturated heterocycles. The lowest BCUT2D eigenvalue weighted by Gasteiger charge is -2.42. The Hall–Kier alpha value is -0.540. The van der Waals surface area contributed by atoms with E-state index in [1.807, 2.05) is 7.11 Å². The van der Waals surface area contributed by atoms with E-state index in [1.165, 1.54) is 30.4 Å². The Morgan fingerprint density at radius 3 is 2.89 bits per heavy atom. The fourth-order valence-electron chi connectivity index (χ4n) is 3.08. The zero-order valence-corrected chi connectivity index (χ0v) is 13.0. The third kappa shape index (κ3) is 2.68. The molecule has 104 valence electrons. The van der Waals surface area contributed by atoms with Gasteiger partial charge < -0.3 is 9.47 Å². The lowest BCUT2D eigenvalue weighted by Crippen LogP contribution is -2.39. The normalized spacial score (nSPS) is 22.0. The van der Waals surface area contributed by atoms with E-state index in [0.717, 1.165) is 31.6 Å². The molecule has 1 aromatic rings. The Labute approximate surface area is 123 Å². The summed E-state index contributed by atoms with van der Waals surface area (Å²) in [5.41, 5.74) is 2.82. The number of ether oxygens (including phenoxy) is 2. The van der Waals surface area contributed by atoms with Crippen LogP contribution in [0.3, 0.4) is 0 Å². The lowest BCUT2D eigenvalue weighted by atomic mass is 9.76. The number of halogens is 1. The Balaban J connectivity index is 1.74. The predicted molar refractivity (Wildman–Crippen MR) is 80.1 cm³/mol. The molecule has 0 N–H and O–H groups in total. The third-order valence-electron chi connectivity index (χ3n) is 4.54. The molecule has 1 aliphatic carbocycles. The van der Waals surface area contributed by atoms with E-state index in [0.29, 0.717) is 4.83 Å². The van der Waals surface area contributed by atoms with Crippen LogP contribution in [0.15, 0.2) is 18.2 Å². The Kier molecular flexibility index (Phi) is 3.86. The molecule has 3 heteroatoms. The van der Waals surface area contributed by atoms with E-state index >= 15 is 0 Å². The first-order valence-electron chi connectivity index (χ1n) is 7.17. The molecular weight excluding hydrogens is 304 g/mol. The van der Waals surface area contributed by atoms with Gasteiger partial charge in [0.25, 0.3) is 0 Å². The van der Waals surface area contributed by atoms with Crippen molar-refractivity contribution in [3.63, 3.8) is 0 Å². The number of fused-ring (bicyclic) bond motifs is 1. The highest BCUT2D eigenvalue weighted by molar-refractivity contribution is 9.09. The lowest BCUT2D eigenvalue weighted by molar-refractivity contribution is -0.0773. The molecular formula is C16H21BrO2. The van der Waals surface area contributed by atoms with E-state index in [-0.39, 0.29) is 5.60 Å². The number of aryl methyl sites for hydroxylation is 1. The first-order valence-corrected chi connectivity index (χ1v) is 8.09. The summed E-state index contributed by atoms with van der Waals surface area (Å²) in [6, 6.07) is 6.61. The van der Waals surface area contributed by atoms with E-state index in [4.69, 9.17) is 9.47 Å². The van der Waals surface area contributed by atoms with E-state index in [1.54, 1.807) is 0 Å². The second-order valence-electron chi connectivity index (χ2n) is 5.73. The van der Waals surface area contributed by atoms with Crippen LogP contribution in [0.4, 0.5) is 0 Å². The number of hydrogen-bond acceptors (Lipinski definition) is 2. The summed E-state index contributed by atoms with van der Waals surface area (Å²) in [4.78, 5) is 0.375. The van der Waals surface area contributed by atoms with Crippen molar-refractivity contribution in [2.75, 3.05) is 13.7 Å². The zero-order valence-electron chi connectivity index (χ0n) is 11.5. The van der Waals surface area contributed by atoms with Crippen molar-refractivity contribution >= 4 is 15.9 Å². The van der Waals surface area contributed by atoms with Crippen LogP contribution in [0.5, 0.6) is 5.75 Å². The van der Waals surface area contributed by atoms with Gasteiger partial charge in [-0.05, 0) is 55.7 Å². The molecule has 1 saturated carbocycles. The smallest absolute Gasteiger partial charge is 0.122 e. The number of alkyl halides is 1. The molecule has 2 aliphatic rings. The van der Waals surface area contributed by atoms with Crippen LogP contribution in [0.2, 0.25) is 0 Å². The first-order chi connectivity index (χ1) is 9.22. The average molecular weight is 325 g/mol. The minimum absolute atomic E-state index is 0.112. The molecule has 1 atom stereocenters. The summed E-state index contributed by atoms with van der Waals surface area (Å²) < 4.78 is 11.4. The minimum Gasteiger partial charge on any atom is -0.493 e. The molecule has 0 amide bonds. The van der Waals surface area contributed by atoms with Gasteiger partial charge in [0.1, 0.15) is 5.75 Å². The second kappa shape index (κ2) is 5.45. The van der Waals surface area contributed by atoms with Gasteiger partial charge in [-0.25, -0.2) is 0 Å². The van der Waals surface area contributed by atoms with E-state index < -0.39 is 0 Å². The molecule has 1 aromatic carbocycles. The molecule has 0 bridgehead atoms. The van der Waals surface area contributed by atoms with E-state index in [9.17, 15) is 0 Å². The summed E-state index contributed by atoms with van der Waals surface area (Å²) in [5, 5.41) is 0. The van der Waals surface area contributed by atoms with Crippen molar-refractivity contribution in [1.82, 2.24) is 0 Å². The molecule has 3 rings (SSSR count). The molecule has 0 spiro atoms. The van der Waals surface area contributed by atoms with Gasteiger partial charge in [0.2, 0.25) is 0 Å². The molecule has 1 aliphatic heterocycles. The number of methoxy groups -OCH3 is 1. The standard InChI is InChI=1S/C16H21BrO2/c1-18-16(7-3-8-16)11-14(17)12-5-6-15-13(10-12)4-2-9-19-15/h5-6,10,14H,2-4,7-9,11H2,1H3. The van der Waals surface area contributed by atoms with E-state index in [2.05, 4.69) is 34.1 Å². The van der Waals surface area contributed by atoms with Crippen LogP contribution in [-0.4, -0.2) is 19.3 Å². The van der Waals surface area contributed by atoms with Crippen LogP contribution in [0.25, 0.3) is 0 Å². The van der Waals surface area contributed by atoms with Crippen molar-refractivity contribution in [2.45, 2.75) is 49.0 Å². The largest absolute Gasteiger partial charge is 0.493 e. The fraction of sp³-hybridized carbons (Fsp3) is 0.625. The van der Waals surface area contributed by atoms with Crippen LogP contribution in [0.1, 0.15) is 48.1 Å². The third-order valence-corrected chi connectivity index (χ3v) is 5.40. The molecule has 1 fully saturated rings. The predicted octanol–water partition coefficient (Wildman–Crippen LogP) is 4.41. The van der Waals surface area contributed by atoms with Crippen molar-refractivity contribution in [2.24, 2.45) is 0 Å². The number of benzene rings is 1. The van der Waals surface area contributed by atoms with Gasteiger partial charge >= 0.3 is 0 Å². The highest BCUT2D eigenvalue weighted by Gasteiger charge is 2.38. The van der Waals surface area contributed by atoms with Gasteiger partial charge in [-0.1, -0.05) is 28.1 Å². The average Bonchev–Trinajstić information content (AvgIpc) is 2.42. The topological polar surface area (TPSA) is 18.5 Å². The maximum Gasteiger partial charge on any atom is 0.122 e. The molecule has 19 heavy (non-hydrogen) atoms. The van der Waals surface area contributed by atoms with Gasteiger partial charge in [-0.3, -0.25) is 0 Å². The summed E-state index contributed by atoms with van der Waals surface area (Å²) in [6.07, 6.45) is 7.01. The van der Waals surface area contributed by atoms with Crippen molar-refractivity contribution in [3.05, 3.63) is 29.3 Å². The highest BCUT2D eigenvalue weighted by Crippen LogP contribution is 2.45. The summed E-state index contributed by atoms with van der Waals surface area (Å²) in [5.74, 6) is 1.07. The molecule has 1 unspecified atom stereocenters.